The van der Waals surface area contributed by atoms with Crippen LogP contribution < -0.4 is 10.6 Å². The van der Waals surface area contributed by atoms with Gasteiger partial charge in [0, 0.05) is 36.1 Å². The number of alkyl halides is 3. The van der Waals surface area contributed by atoms with E-state index in [1.165, 1.54) is 62.0 Å². The number of benzene rings is 1. The normalized spacial score (nSPS) is 11.2. The zero-order valence-corrected chi connectivity index (χ0v) is 17.7. The Balaban J connectivity index is 1.56. The van der Waals surface area contributed by atoms with Crippen molar-refractivity contribution in [2.75, 3.05) is 12.4 Å². The average molecular weight is 466 g/mol. The number of nitrogens with zero attached hydrogens (tertiary/aromatic N) is 4. The molecule has 34 heavy (non-hydrogen) atoms. The van der Waals surface area contributed by atoms with Crippen LogP contribution in [0.3, 0.4) is 0 Å². The number of hydrogen-bond acceptors (Lipinski definition) is 5. The smallest absolute Gasteiger partial charge is 0.355 e. The van der Waals surface area contributed by atoms with Gasteiger partial charge in [0.05, 0.1) is 17.6 Å². The third kappa shape index (κ3) is 4.77. The first-order valence-corrected chi connectivity index (χ1v) is 9.94. The highest BCUT2D eigenvalue weighted by atomic mass is 19.4. The number of pyridine rings is 2. The van der Waals surface area contributed by atoms with E-state index in [1.54, 1.807) is 12.1 Å². The molecule has 0 unspecified atom stereocenters. The second-order valence-electron chi connectivity index (χ2n) is 7.08. The van der Waals surface area contributed by atoms with Gasteiger partial charge in [0.15, 0.2) is 0 Å². The van der Waals surface area contributed by atoms with Gasteiger partial charge in [0.2, 0.25) is 0 Å². The Hall–Kier alpha value is -4.54. The molecule has 172 valence electrons. The molecule has 0 fully saturated rings. The van der Waals surface area contributed by atoms with Gasteiger partial charge in [-0.3, -0.25) is 14.6 Å². The molecule has 0 aliphatic carbocycles. The van der Waals surface area contributed by atoms with Crippen molar-refractivity contribution in [3.05, 3.63) is 90.0 Å². The van der Waals surface area contributed by atoms with E-state index >= 15 is 0 Å². The predicted molar refractivity (Wildman–Crippen MR) is 117 cm³/mol. The van der Waals surface area contributed by atoms with Crippen molar-refractivity contribution < 1.29 is 22.8 Å². The monoisotopic (exact) mass is 466 g/mol. The van der Waals surface area contributed by atoms with Crippen molar-refractivity contribution in [2.24, 2.45) is 0 Å². The van der Waals surface area contributed by atoms with Gasteiger partial charge in [-0.2, -0.15) is 18.3 Å². The summed E-state index contributed by atoms with van der Waals surface area (Å²) < 4.78 is 41.6. The van der Waals surface area contributed by atoms with Crippen molar-refractivity contribution in [3.63, 3.8) is 0 Å². The molecule has 1 aromatic carbocycles. The zero-order valence-electron chi connectivity index (χ0n) is 17.7. The maximum Gasteiger partial charge on any atom is 0.433 e. The molecular formula is C23H17F3N6O2. The molecular weight excluding hydrogens is 449 g/mol. The summed E-state index contributed by atoms with van der Waals surface area (Å²) >= 11 is 0. The van der Waals surface area contributed by atoms with Crippen molar-refractivity contribution in [3.8, 4) is 16.9 Å². The number of carbonyl (C=O) groups is 2. The standard InChI is InChI=1S/C23H17F3N6O2/c1-27-21(33)14-4-6-15(7-5-14)22(34)30-20-9-8-17(13-29-20)32-19(23(24,25)26)11-18(31-32)16-3-2-10-28-12-16/h2-13H,1H3,(H,27,33)(H,29,30,34). The van der Waals surface area contributed by atoms with Crippen LogP contribution >= 0.6 is 0 Å². The molecule has 4 aromatic rings. The number of nitrogens with one attached hydrogen (secondary N) is 2. The summed E-state index contributed by atoms with van der Waals surface area (Å²) in [4.78, 5) is 32.0. The van der Waals surface area contributed by atoms with Crippen LogP contribution in [0.2, 0.25) is 0 Å². The van der Waals surface area contributed by atoms with E-state index in [0.29, 0.717) is 11.1 Å². The minimum atomic E-state index is -4.65. The lowest BCUT2D eigenvalue weighted by atomic mass is 10.1. The quantitative estimate of drug-likeness (QED) is 0.464. The maximum absolute atomic E-state index is 13.6. The molecule has 11 heteroatoms. The van der Waals surface area contributed by atoms with Crippen LogP contribution in [0.1, 0.15) is 26.4 Å². The maximum atomic E-state index is 13.6. The summed E-state index contributed by atoms with van der Waals surface area (Å²) in [6, 6.07) is 12.9. The Kier molecular flexibility index (Phi) is 6.09. The largest absolute Gasteiger partial charge is 0.433 e. The lowest BCUT2D eigenvalue weighted by molar-refractivity contribution is -0.142. The molecule has 0 atom stereocenters. The summed E-state index contributed by atoms with van der Waals surface area (Å²) in [5.41, 5.74) is 0.318. The van der Waals surface area contributed by atoms with Gasteiger partial charge in [-0.05, 0) is 54.6 Å². The van der Waals surface area contributed by atoms with Crippen molar-refractivity contribution in [2.45, 2.75) is 6.18 Å². The summed E-state index contributed by atoms with van der Waals surface area (Å²) in [7, 11) is 1.50. The predicted octanol–water partition coefficient (Wildman–Crippen LogP) is 3.96. The van der Waals surface area contributed by atoms with Gasteiger partial charge in [0.1, 0.15) is 11.5 Å². The number of rotatable bonds is 5. The molecule has 3 heterocycles. The number of carbonyl (C=O) groups excluding carboxylic acids is 2. The van der Waals surface area contributed by atoms with E-state index in [1.807, 2.05) is 0 Å². The van der Waals surface area contributed by atoms with E-state index in [-0.39, 0.29) is 28.7 Å². The van der Waals surface area contributed by atoms with E-state index in [4.69, 9.17) is 0 Å². The number of amides is 2. The first-order valence-electron chi connectivity index (χ1n) is 9.94. The average Bonchev–Trinajstić information content (AvgIpc) is 3.31. The highest BCUT2D eigenvalue weighted by Gasteiger charge is 2.36. The van der Waals surface area contributed by atoms with E-state index in [0.717, 1.165) is 10.7 Å². The number of anilines is 1. The summed E-state index contributed by atoms with van der Waals surface area (Å²) in [5.74, 6) is -0.636. The molecule has 0 bridgehead atoms. The Labute approximate surface area is 191 Å². The van der Waals surface area contributed by atoms with Gasteiger partial charge in [0.25, 0.3) is 11.8 Å². The highest BCUT2D eigenvalue weighted by Crippen LogP contribution is 2.33. The topological polar surface area (TPSA) is 102 Å². The third-order valence-corrected chi connectivity index (χ3v) is 4.83. The van der Waals surface area contributed by atoms with Crippen LogP contribution in [0.5, 0.6) is 0 Å². The van der Waals surface area contributed by atoms with Crippen molar-refractivity contribution in [1.82, 2.24) is 25.1 Å². The minimum Gasteiger partial charge on any atom is -0.355 e. The third-order valence-electron chi connectivity index (χ3n) is 4.83. The van der Waals surface area contributed by atoms with Crippen LogP contribution in [0, 0.1) is 0 Å². The van der Waals surface area contributed by atoms with Crippen LogP contribution in [-0.2, 0) is 6.18 Å². The lowest BCUT2D eigenvalue weighted by Crippen LogP contribution is -2.18. The fourth-order valence-corrected chi connectivity index (χ4v) is 3.13. The molecule has 8 nitrogen and oxygen atoms in total. The Morgan fingerprint density at radius 1 is 0.941 bits per heavy atom. The van der Waals surface area contributed by atoms with E-state index in [2.05, 4.69) is 25.7 Å². The van der Waals surface area contributed by atoms with E-state index in [9.17, 15) is 22.8 Å². The van der Waals surface area contributed by atoms with Gasteiger partial charge in [-0.25, -0.2) is 9.67 Å². The summed E-state index contributed by atoms with van der Waals surface area (Å²) in [5, 5.41) is 9.13. The second kappa shape index (κ2) is 9.14. The van der Waals surface area contributed by atoms with Gasteiger partial charge in [-0.1, -0.05) is 0 Å². The molecule has 3 aromatic heterocycles. The van der Waals surface area contributed by atoms with Gasteiger partial charge < -0.3 is 10.6 Å². The number of halogens is 3. The number of aromatic nitrogens is 4. The summed E-state index contributed by atoms with van der Waals surface area (Å²) in [6.45, 7) is 0. The van der Waals surface area contributed by atoms with Gasteiger partial charge >= 0.3 is 6.18 Å². The highest BCUT2D eigenvalue weighted by molar-refractivity contribution is 6.04. The fraction of sp³-hybridized carbons (Fsp3) is 0.0870. The van der Waals surface area contributed by atoms with Crippen LogP contribution in [0.15, 0.2) is 73.2 Å². The Morgan fingerprint density at radius 2 is 1.65 bits per heavy atom. The Bertz CT molecular complexity index is 1320. The zero-order chi connectivity index (χ0) is 24.3. The van der Waals surface area contributed by atoms with Crippen LogP contribution in [0.25, 0.3) is 16.9 Å². The fourth-order valence-electron chi connectivity index (χ4n) is 3.13. The molecule has 0 saturated heterocycles. The minimum absolute atomic E-state index is 0.0652. The summed E-state index contributed by atoms with van der Waals surface area (Å²) in [6.07, 6.45) is -0.538. The van der Waals surface area contributed by atoms with Crippen molar-refractivity contribution in [1.29, 1.82) is 0 Å². The lowest BCUT2D eigenvalue weighted by Gasteiger charge is -2.10. The van der Waals surface area contributed by atoms with Crippen LogP contribution in [0.4, 0.5) is 19.0 Å². The molecule has 0 spiro atoms. The molecule has 0 saturated carbocycles. The molecule has 0 radical (unpaired) electrons. The van der Waals surface area contributed by atoms with Crippen LogP contribution in [-0.4, -0.2) is 38.6 Å². The Morgan fingerprint density at radius 3 is 2.21 bits per heavy atom. The first kappa shape index (κ1) is 22.6. The molecule has 2 amide bonds. The van der Waals surface area contributed by atoms with Crippen molar-refractivity contribution >= 4 is 17.6 Å². The molecule has 0 aliphatic heterocycles. The molecule has 2 N–H and O–H groups in total. The molecule has 0 aliphatic rings. The van der Waals surface area contributed by atoms with Gasteiger partial charge in [-0.15, -0.1) is 0 Å². The first-order chi connectivity index (χ1) is 16.3. The number of hydrogen-bond donors (Lipinski definition) is 2. The second-order valence-corrected chi connectivity index (χ2v) is 7.08. The molecule has 4 rings (SSSR count). The van der Waals surface area contributed by atoms with E-state index < -0.39 is 17.8 Å². The SMILES string of the molecule is CNC(=O)c1ccc(C(=O)Nc2ccc(-n3nc(-c4cccnc4)cc3C(F)(F)F)cn2)cc1.